The molecule has 0 aliphatic heterocycles. The zero-order chi connectivity index (χ0) is 19.4. The zero-order valence-corrected chi connectivity index (χ0v) is 15.8. The lowest BCUT2D eigenvalue weighted by molar-refractivity contribution is -0.384. The van der Waals surface area contributed by atoms with Gasteiger partial charge in [0.05, 0.1) is 29.0 Å². The number of rotatable bonds is 7. The molecule has 1 aliphatic carbocycles. The molecule has 10 nitrogen and oxygen atoms in total. The second-order valence-electron chi connectivity index (χ2n) is 6.24. The van der Waals surface area contributed by atoms with Crippen molar-refractivity contribution >= 4 is 29.0 Å². The molecule has 1 aromatic carbocycles. The maximum absolute atomic E-state index is 12.6. The topological polar surface area (TPSA) is 125 Å². The average molecular weight is 392 g/mol. The molecule has 1 saturated carbocycles. The molecular weight excluding hydrogens is 372 g/mol. The number of nitro benzene ring substituents is 1. The van der Waals surface area contributed by atoms with Crippen molar-refractivity contribution in [3.05, 3.63) is 28.3 Å². The number of thioether (sulfide) groups is 1. The lowest BCUT2D eigenvalue weighted by Gasteiger charge is -2.15. The largest absolute Gasteiger partial charge is 0.495 e. The number of nitro groups is 1. The molecule has 0 bridgehead atoms. The molecule has 0 radical (unpaired) electrons. The number of hydrogen-bond donors (Lipinski definition) is 1. The fourth-order valence-electron chi connectivity index (χ4n) is 2.99. The van der Waals surface area contributed by atoms with Gasteiger partial charge in [0.25, 0.3) is 5.69 Å². The third-order valence-corrected chi connectivity index (χ3v) is 5.48. The van der Waals surface area contributed by atoms with E-state index in [0.29, 0.717) is 10.9 Å². The third kappa shape index (κ3) is 4.35. The molecule has 27 heavy (non-hydrogen) atoms. The molecule has 0 saturated heterocycles. The van der Waals surface area contributed by atoms with Crippen LogP contribution in [0.3, 0.4) is 0 Å². The van der Waals surface area contributed by atoms with Crippen molar-refractivity contribution in [2.24, 2.45) is 0 Å². The monoisotopic (exact) mass is 392 g/mol. The number of hydrogen-bond acceptors (Lipinski definition) is 8. The van der Waals surface area contributed by atoms with Crippen molar-refractivity contribution in [2.45, 2.75) is 49.1 Å². The molecular formula is C16H20N6O4S. The van der Waals surface area contributed by atoms with Crippen LogP contribution in [0.2, 0.25) is 0 Å². The molecule has 1 heterocycles. The number of benzene rings is 1. The van der Waals surface area contributed by atoms with Crippen molar-refractivity contribution in [1.29, 1.82) is 0 Å². The van der Waals surface area contributed by atoms with Gasteiger partial charge in [-0.25, -0.2) is 4.68 Å². The van der Waals surface area contributed by atoms with Gasteiger partial charge in [-0.15, -0.1) is 5.10 Å². The molecule has 0 spiro atoms. The number of aromatic nitrogens is 4. The van der Waals surface area contributed by atoms with Gasteiger partial charge in [-0.1, -0.05) is 24.6 Å². The summed E-state index contributed by atoms with van der Waals surface area (Å²) in [5.41, 5.74) is 0.121. The van der Waals surface area contributed by atoms with Gasteiger partial charge >= 0.3 is 0 Å². The van der Waals surface area contributed by atoms with E-state index in [1.165, 1.54) is 37.1 Å². The predicted molar refractivity (Wildman–Crippen MR) is 98.9 cm³/mol. The Morgan fingerprint density at radius 2 is 2.19 bits per heavy atom. The summed E-state index contributed by atoms with van der Waals surface area (Å²) in [6.07, 6.45) is 4.36. The minimum atomic E-state index is -0.525. The van der Waals surface area contributed by atoms with Gasteiger partial charge in [-0.3, -0.25) is 14.9 Å². The lowest BCUT2D eigenvalue weighted by atomic mass is 10.2. The summed E-state index contributed by atoms with van der Waals surface area (Å²) in [6, 6.07) is 4.32. The Kier molecular flexibility index (Phi) is 5.89. The van der Waals surface area contributed by atoms with E-state index in [1.54, 1.807) is 11.6 Å². The van der Waals surface area contributed by atoms with Crippen LogP contribution in [0.1, 0.15) is 38.6 Å². The highest BCUT2D eigenvalue weighted by atomic mass is 32.2. The molecule has 1 aliphatic rings. The van der Waals surface area contributed by atoms with Crippen LogP contribution >= 0.6 is 11.8 Å². The van der Waals surface area contributed by atoms with Crippen molar-refractivity contribution in [3.8, 4) is 5.75 Å². The first-order valence-corrected chi connectivity index (χ1v) is 9.45. The fourth-order valence-corrected chi connectivity index (χ4v) is 3.85. The summed E-state index contributed by atoms with van der Waals surface area (Å²) in [6.45, 7) is 1.73. The van der Waals surface area contributed by atoms with Gasteiger partial charge in [-0.05, 0) is 36.3 Å². The standard InChI is InChI=1S/C16H20N6O4S/c1-10(27-16-18-19-20-21(16)11-5-3-4-6-11)15(23)17-13-9-12(22(24)25)7-8-14(13)26-2/h7-11H,3-6H2,1-2H3,(H,17,23)/t10-/m0/s1. The number of methoxy groups -OCH3 is 1. The number of carbonyl (C=O) groups is 1. The molecule has 1 atom stereocenters. The summed E-state index contributed by atoms with van der Waals surface area (Å²) >= 11 is 1.26. The van der Waals surface area contributed by atoms with Crippen molar-refractivity contribution in [1.82, 2.24) is 20.2 Å². The Bertz CT molecular complexity index is 836. The molecule has 1 N–H and O–H groups in total. The van der Waals surface area contributed by atoms with Crippen molar-refractivity contribution in [2.75, 3.05) is 12.4 Å². The van der Waals surface area contributed by atoms with Crippen LogP contribution in [-0.4, -0.2) is 43.4 Å². The molecule has 1 aromatic heterocycles. The maximum atomic E-state index is 12.6. The van der Waals surface area contributed by atoms with Gasteiger partial charge in [0.2, 0.25) is 11.1 Å². The first-order valence-electron chi connectivity index (χ1n) is 8.57. The van der Waals surface area contributed by atoms with E-state index in [0.717, 1.165) is 25.7 Å². The normalized spacial score (nSPS) is 15.5. The van der Waals surface area contributed by atoms with E-state index in [2.05, 4.69) is 20.8 Å². The quantitative estimate of drug-likeness (QED) is 0.433. The van der Waals surface area contributed by atoms with Crippen LogP contribution in [0.4, 0.5) is 11.4 Å². The fraction of sp³-hybridized carbons (Fsp3) is 0.500. The smallest absolute Gasteiger partial charge is 0.271 e. The molecule has 3 rings (SSSR count). The molecule has 144 valence electrons. The molecule has 0 unspecified atom stereocenters. The number of anilines is 1. The van der Waals surface area contributed by atoms with Crippen LogP contribution in [-0.2, 0) is 4.79 Å². The zero-order valence-electron chi connectivity index (χ0n) is 15.0. The Balaban J connectivity index is 1.71. The van der Waals surface area contributed by atoms with Crippen molar-refractivity contribution in [3.63, 3.8) is 0 Å². The van der Waals surface area contributed by atoms with Crippen LogP contribution in [0.25, 0.3) is 0 Å². The van der Waals surface area contributed by atoms with Gasteiger partial charge < -0.3 is 10.1 Å². The molecule has 1 amide bonds. The maximum Gasteiger partial charge on any atom is 0.271 e. The Morgan fingerprint density at radius 3 is 2.85 bits per heavy atom. The third-order valence-electron chi connectivity index (χ3n) is 4.44. The summed E-state index contributed by atoms with van der Waals surface area (Å²) in [5.74, 6) is 0.0294. The lowest BCUT2D eigenvalue weighted by Crippen LogP contribution is -2.23. The summed E-state index contributed by atoms with van der Waals surface area (Å²) in [5, 5.41) is 25.6. The number of nitrogens with one attached hydrogen (secondary N) is 1. The SMILES string of the molecule is COc1ccc([N+](=O)[O-])cc1NC(=O)[C@H](C)Sc1nnnn1C1CCCC1. The van der Waals surface area contributed by atoms with Gasteiger partial charge in [-0.2, -0.15) is 0 Å². The number of tetrazole rings is 1. The Morgan fingerprint density at radius 1 is 1.44 bits per heavy atom. The van der Waals surface area contributed by atoms with Crippen LogP contribution in [0.15, 0.2) is 23.4 Å². The van der Waals surface area contributed by atoms with E-state index < -0.39 is 10.2 Å². The highest BCUT2D eigenvalue weighted by Gasteiger charge is 2.25. The van der Waals surface area contributed by atoms with Gasteiger partial charge in [0.15, 0.2) is 0 Å². The highest BCUT2D eigenvalue weighted by Crippen LogP contribution is 2.33. The van der Waals surface area contributed by atoms with Gasteiger partial charge in [0, 0.05) is 12.1 Å². The Hall–Kier alpha value is -2.69. The molecule has 11 heteroatoms. The van der Waals surface area contributed by atoms with E-state index in [9.17, 15) is 14.9 Å². The van der Waals surface area contributed by atoms with E-state index in [-0.39, 0.29) is 23.3 Å². The second kappa shape index (κ2) is 8.33. The minimum Gasteiger partial charge on any atom is -0.495 e. The molecule has 2 aromatic rings. The highest BCUT2D eigenvalue weighted by molar-refractivity contribution is 8.00. The summed E-state index contributed by atoms with van der Waals surface area (Å²) < 4.78 is 6.96. The van der Waals surface area contributed by atoms with Crippen LogP contribution < -0.4 is 10.1 Å². The first-order chi connectivity index (χ1) is 13.0. The second-order valence-corrected chi connectivity index (χ2v) is 7.54. The van der Waals surface area contributed by atoms with Crippen LogP contribution in [0, 0.1) is 10.1 Å². The number of non-ortho nitro benzene ring substituents is 1. The number of carbonyl (C=O) groups excluding carboxylic acids is 1. The number of amides is 1. The van der Waals surface area contributed by atoms with E-state index in [1.807, 2.05) is 0 Å². The average Bonchev–Trinajstić information content (AvgIpc) is 3.32. The van der Waals surface area contributed by atoms with E-state index in [4.69, 9.17) is 4.74 Å². The summed E-state index contributed by atoms with van der Waals surface area (Å²) in [7, 11) is 1.44. The van der Waals surface area contributed by atoms with Crippen molar-refractivity contribution < 1.29 is 14.5 Å². The van der Waals surface area contributed by atoms with Gasteiger partial charge in [0.1, 0.15) is 5.75 Å². The first kappa shape index (κ1) is 19.1. The minimum absolute atomic E-state index is 0.128. The summed E-state index contributed by atoms with van der Waals surface area (Å²) in [4.78, 5) is 23.0. The molecule has 1 fully saturated rings. The van der Waals surface area contributed by atoms with Crippen LogP contribution in [0.5, 0.6) is 5.75 Å². The predicted octanol–water partition coefficient (Wildman–Crippen LogP) is 2.82. The number of ether oxygens (including phenoxy) is 1. The number of nitrogens with zero attached hydrogens (tertiary/aromatic N) is 5. The van der Waals surface area contributed by atoms with E-state index >= 15 is 0 Å². The Labute approximate surface area is 159 Å².